The second kappa shape index (κ2) is 5.43. The number of carboxylic acid groups (broad SMARTS) is 1. The monoisotopic (exact) mass is 261 g/mol. The number of rotatable bonds is 4. The van der Waals surface area contributed by atoms with Crippen molar-refractivity contribution < 1.29 is 14.3 Å². The van der Waals surface area contributed by atoms with E-state index in [2.05, 4.69) is 15.3 Å². The van der Waals surface area contributed by atoms with Crippen LogP contribution < -0.4 is 5.32 Å². The lowest BCUT2D eigenvalue weighted by Crippen LogP contribution is -2.10. The first-order valence-electron chi connectivity index (χ1n) is 5.59. The maximum Gasteiger partial charge on any atom is 0.339 e. The van der Waals surface area contributed by atoms with Gasteiger partial charge in [-0.25, -0.2) is 19.2 Å². The number of hydrogen-bond acceptors (Lipinski definition) is 4. The van der Waals surface area contributed by atoms with Crippen LogP contribution in [0.25, 0.3) is 0 Å². The largest absolute Gasteiger partial charge is 0.478 e. The van der Waals surface area contributed by atoms with Gasteiger partial charge < -0.3 is 10.4 Å². The Bertz CT molecular complexity index is 596. The Morgan fingerprint density at radius 1 is 1.42 bits per heavy atom. The Balaban J connectivity index is 2.16. The van der Waals surface area contributed by atoms with Crippen LogP contribution in [0.2, 0.25) is 0 Å². The molecule has 1 aromatic heterocycles. The molecule has 2 N–H and O–H groups in total. The fourth-order valence-corrected chi connectivity index (χ4v) is 1.70. The molecule has 5 nitrogen and oxygen atoms in total. The predicted molar refractivity (Wildman–Crippen MR) is 67.5 cm³/mol. The molecule has 6 heteroatoms. The van der Waals surface area contributed by atoms with Gasteiger partial charge in [0, 0.05) is 11.9 Å². The molecule has 98 valence electrons. The molecule has 1 heterocycles. The molecular weight excluding hydrogens is 249 g/mol. The number of hydrogen-bond donors (Lipinski definition) is 2. The van der Waals surface area contributed by atoms with Gasteiger partial charge in [-0.2, -0.15) is 0 Å². The first-order valence-corrected chi connectivity index (χ1v) is 5.59. The summed E-state index contributed by atoms with van der Waals surface area (Å²) >= 11 is 0. The number of anilines is 1. The molecule has 0 saturated carbocycles. The highest BCUT2D eigenvalue weighted by Crippen LogP contribution is 2.14. The number of nitrogens with one attached hydrogen (secondary N) is 1. The maximum atomic E-state index is 13.2. The lowest BCUT2D eigenvalue weighted by Gasteiger charge is -2.08. The van der Waals surface area contributed by atoms with E-state index >= 15 is 0 Å². The van der Waals surface area contributed by atoms with Crippen molar-refractivity contribution in [3.8, 4) is 0 Å². The van der Waals surface area contributed by atoms with Crippen molar-refractivity contribution in [1.82, 2.24) is 9.97 Å². The van der Waals surface area contributed by atoms with Crippen LogP contribution >= 0.6 is 0 Å². The lowest BCUT2D eigenvalue weighted by atomic mass is 10.2. The van der Waals surface area contributed by atoms with Gasteiger partial charge in [-0.1, -0.05) is 0 Å². The van der Waals surface area contributed by atoms with E-state index in [1.807, 2.05) is 0 Å². The minimum Gasteiger partial charge on any atom is -0.478 e. The van der Waals surface area contributed by atoms with Crippen LogP contribution in [-0.2, 0) is 6.54 Å². The topological polar surface area (TPSA) is 75.1 Å². The summed E-state index contributed by atoms with van der Waals surface area (Å²) in [5, 5.41) is 11.9. The number of aryl methyl sites for hydroxylation is 1. The molecule has 0 atom stereocenters. The van der Waals surface area contributed by atoms with E-state index in [9.17, 15) is 9.18 Å². The van der Waals surface area contributed by atoms with Crippen molar-refractivity contribution in [2.45, 2.75) is 13.5 Å². The summed E-state index contributed by atoms with van der Waals surface area (Å²) in [5.74, 6) is -1.43. The molecule has 0 amide bonds. The third-order valence-electron chi connectivity index (χ3n) is 2.53. The Hall–Kier alpha value is -2.50. The average molecular weight is 261 g/mol. The van der Waals surface area contributed by atoms with Gasteiger partial charge in [0.2, 0.25) is 0 Å². The van der Waals surface area contributed by atoms with Crippen molar-refractivity contribution in [3.05, 3.63) is 53.4 Å². The fourth-order valence-electron chi connectivity index (χ4n) is 1.70. The third kappa shape index (κ3) is 3.25. The normalized spacial score (nSPS) is 10.2. The molecule has 0 spiro atoms. The van der Waals surface area contributed by atoms with Crippen LogP contribution in [0.5, 0.6) is 0 Å². The van der Waals surface area contributed by atoms with Gasteiger partial charge in [-0.05, 0) is 30.7 Å². The number of benzene rings is 1. The number of carboxylic acids is 1. The smallest absolute Gasteiger partial charge is 0.339 e. The first-order chi connectivity index (χ1) is 9.06. The fraction of sp³-hybridized carbons (Fsp3) is 0.154. The second-order valence-corrected chi connectivity index (χ2v) is 4.06. The zero-order valence-corrected chi connectivity index (χ0v) is 10.2. The molecule has 0 aliphatic rings. The van der Waals surface area contributed by atoms with Crippen molar-refractivity contribution >= 4 is 11.7 Å². The second-order valence-electron chi connectivity index (χ2n) is 4.06. The summed E-state index contributed by atoms with van der Waals surface area (Å²) in [5.41, 5.74) is 1.74. The molecule has 0 aliphatic carbocycles. The van der Waals surface area contributed by atoms with Crippen LogP contribution in [0.4, 0.5) is 10.1 Å². The standard InChI is InChI=1S/C13H12FN3O2/c1-8-2-9(14)4-10(3-8)16-6-12-11(13(18)19)5-15-7-17-12/h2-5,7,16H,6H2,1H3,(H,18,19). The van der Waals surface area contributed by atoms with Crippen molar-refractivity contribution in [2.24, 2.45) is 0 Å². The van der Waals surface area contributed by atoms with E-state index in [0.717, 1.165) is 5.56 Å². The molecule has 2 rings (SSSR count). The molecule has 2 aromatic rings. The van der Waals surface area contributed by atoms with E-state index in [0.29, 0.717) is 11.4 Å². The summed E-state index contributed by atoms with van der Waals surface area (Å²) in [7, 11) is 0. The molecule has 0 aliphatic heterocycles. The van der Waals surface area contributed by atoms with Gasteiger partial charge in [0.1, 0.15) is 17.7 Å². The van der Waals surface area contributed by atoms with Gasteiger partial charge in [-0.15, -0.1) is 0 Å². The number of aromatic nitrogens is 2. The van der Waals surface area contributed by atoms with E-state index < -0.39 is 5.97 Å². The minimum absolute atomic E-state index is 0.0307. The Labute approximate surface area is 109 Å². The van der Waals surface area contributed by atoms with Crippen LogP contribution in [0.3, 0.4) is 0 Å². The predicted octanol–water partition coefficient (Wildman–Crippen LogP) is 2.23. The van der Waals surface area contributed by atoms with E-state index in [4.69, 9.17) is 5.11 Å². The first kappa shape index (κ1) is 12.9. The van der Waals surface area contributed by atoms with Crippen LogP contribution in [0, 0.1) is 12.7 Å². The van der Waals surface area contributed by atoms with Crippen molar-refractivity contribution in [1.29, 1.82) is 0 Å². The minimum atomic E-state index is -1.09. The molecular formula is C13H12FN3O2. The Kier molecular flexibility index (Phi) is 3.70. The molecule has 19 heavy (non-hydrogen) atoms. The molecule has 0 unspecified atom stereocenters. The summed E-state index contributed by atoms with van der Waals surface area (Å²) in [4.78, 5) is 18.6. The van der Waals surface area contributed by atoms with Gasteiger partial charge in [0.15, 0.2) is 0 Å². The van der Waals surface area contributed by atoms with Crippen LogP contribution in [-0.4, -0.2) is 21.0 Å². The van der Waals surface area contributed by atoms with E-state index in [1.165, 1.54) is 24.7 Å². The number of nitrogens with zero attached hydrogens (tertiary/aromatic N) is 2. The van der Waals surface area contributed by atoms with Crippen LogP contribution in [0.1, 0.15) is 21.6 Å². The molecule has 1 aromatic carbocycles. The van der Waals surface area contributed by atoms with Gasteiger partial charge in [0.05, 0.1) is 12.2 Å². The maximum absolute atomic E-state index is 13.2. The Morgan fingerprint density at radius 2 is 2.21 bits per heavy atom. The number of carbonyl (C=O) groups is 1. The molecule has 0 radical (unpaired) electrons. The number of halogens is 1. The highest BCUT2D eigenvalue weighted by atomic mass is 19.1. The summed E-state index contributed by atoms with van der Waals surface area (Å²) in [6, 6.07) is 4.53. The molecule has 0 fully saturated rings. The lowest BCUT2D eigenvalue weighted by molar-refractivity contribution is 0.0694. The van der Waals surface area contributed by atoms with Crippen molar-refractivity contribution in [3.63, 3.8) is 0 Å². The van der Waals surface area contributed by atoms with E-state index in [-0.39, 0.29) is 17.9 Å². The Morgan fingerprint density at radius 3 is 2.89 bits per heavy atom. The highest BCUT2D eigenvalue weighted by Gasteiger charge is 2.11. The zero-order chi connectivity index (χ0) is 13.8. The molecule has 0 saturated heterocycles. The quantitative estimate of drug-likeness (QED) is 0.882. The van der Waals surface area contributed by atoms with Crippen molar-refractivity contribution in [2.75, 3.05) is 5.32 Å². The highest BCUT2D eigenvalue weighted by molar-refractivity contribution is 5.88. The summed E-state index contributed by atoms with van der Waals surface area (Å²) < 4.78 is 13.2. The van der Waals surface area contributed by atoms with Crippen LogP contribution in [0.15, 0.2) is 30.7 Å². The summed E-state index contributed by atoms with van der Waals surface area (Å²) in [6.07, 6.45) is 2.52. The third-order valence-corrected chi connectivity index (χ3v) is 2.53. The average Bonchev–Trinajstić information content (AvgIpc) is 2.35. The van der Waals surface area contributed by atoms with E-state index in [1.54, 1.807) is 13.0 Å². The zero-order valence-electron chi connectivity index (χ0n) is 10.2. The van der Waals surface area contributed by atoms with Gasteiger partial charge in [0.25, 0.3) is 0 Å². The SMILES string of the molecule is Cc1cc(F)cc(NCc2ncncc2C(=O)O)c1. The van der Waals surface area contributed by atoms with Gasteiger partial charge >= 0.3 is 5.97 Å². The van der Waals surface area contributed by atoms with Gasteiger partial charge in [-0.3, -0.25) is 0 Å². The summed E-state index contributed by atoms with van der Waals surface area (Å²) in [6.45, 7) is 1.97. The molecule has 0 bridgehead atoms. The number of aromatic carboxylic acids is 1.